The highest BCUT2D eigenvalue weighted by Crippen LogP contribution is 2.44. The van der Waals surface area contributed by atoms with Crippen LogP contribution in [0.25, 0.3) is 11.1 Å². The highest BCUT2D eigenvalue weighted by molar-refractivity contribution is 5.88. The van der Waals surface area contributed by atoms with Gasteiger partial charge in [-0.05, 0) is 54.4 Å². The van der Waals surface area contributed by atoms with Gasteiger partial charge < -0.3 is 20.5 Å². The second kappa shape index (κ2) is 9.87. The minimum absolute atomic E-state index is 0.00843. The third-order valence-corrected chi connectivity index (χ3v) is 7.43. The third-order valence-electron chi connectivity index (χ3n) is 7.43. The molecule has 7 nitrogen and oxygen atoms in total. The SMILES string of the molecule is CCC(C)(NC(=O)[C@@H]1CCC[C@@H]1CNC(=O)OCC1c2ccccc2-c2ccccc21)C(=O)O. The van der Waals surface area contributed by atoms with Crippen molar-refractivity contribution in [3.8, 4) is 11.1 Å². The fourth-order valence-electron chi connectivity index (χ4n) is 5.15. The standard InChI is InChI=1S/C27H32N2O5/c1-3-27(2,25(31)32)29-24(30)18-14-8-9-17(18)15-28-26(33)34-16-23-21-12-6-4-10-19(21)20-11-5-7-13-22(20)23/h4-7,10-13,17-18,23H,3,8-9,14-16H2,1-2H3,(H,28,33)(H,29,30)(H,31,32)/t17-,18-,27?/m1/s1. The minimum atomic E-state index is -1.29. The Balaban J connectivity index is 1.32. The monoisotopic (exact) mass is 464 g/mol. The Kier molecular flexibility index (Phi) is 6.91. The zero-order chi connectivity index (χ0) is 24.3. The Labute approximate surface area is 199 Å². The predicted octanol–water partition coefficient (Wildman–Crippen LogP) is 4.31. The second-order valence-corrected chi connectivity index (χ2v) is 9.48. The van der Waals surface area contributed by atoms with Crippen molar-refractivity contribution in [1.82, 2.24) is 10.6 Å². The van der Waals surface area contributed by atoms with Crippen LogP contribution in [0.4, 0.5) is 4.79 Å². The zero-order valence-corrected chi connectivity index (χ0v) is 19.7. The summed E-state index contributed by atoms with van der Waals surface area (Å²) >= 11 is 0. The average molecular weight is 465 g/mol. The molecule has 1 saturated carbocycles. The molecule has 0 aromatic heterocycles. The summed E-state index contributed by atoms with van der Waals surface area (Å²) in [5.74, 6) is -1.68. The summed E-state index contributed by atoms with van der Waals surface area (Å²) in [7, 11) is 0. The molecule has 2 amide bonds. The largest absolute Gasteiger partial charge is 0.480 e. The molecule has 2 aromatic carbocycles. The summed E-state index contributed by atoms with van der Waals surface area (Å²) < 4.78 is 5.60. The molecule has 0 bridgehead atoms. The van der Waals surface area contributed by atoms with Crippen molar-refractivity contribution < 1.29 is 24.2 Å². The van der Waals surface area contributed by atoms with Gasteiger partial charge >= 0.3 is 12.1 Å². The molecule has 0 aliphatic heterocycles. The molecule has 0 saturated heterocycles. The highest BCUT2D eigenvalue weighted by Gasteiger charge is 2.39. The summed E-state index contributed by atoms with van der Waals surface area (Å²) in [5, 5.41) is 15.0. The van der Waals surface area contributed by atoms with Crippen LogP contribution >= 0.6 is 0 Å². The Hall–Kier alpha value is -3.35. The fourth-order valence-corrected chi connectivity index (χ4v) is 5.15. The second-order valence-electron chi connectivity index (χ2n) is 9.48. The molecular weight excluding hydrogens is 432 g/mol. The smallest absolute Gasteiger partial charge is 0.407 e. The third kappa shape index (κ3) is 4.65. The lowest BCUT2D eigenvalue weighted by atomic mass is 9.92. The molecule has 3 N–H and O–H groups in total. The Bertz CT molecular complexity index is 1040. The number of carbonyl (C=O) groups is 3. The van der Waals surface area contributed by atoms with E-state index in [0.29, 0.717) is 19.4 Å². The Morgan fingerprint density at radius 2 is 1.65 bits per heavy atom. The molecule has 0 heterocycles. The van der Waals surface area contributed by atoms with Crippen molar-refractivity contribution in [3.05, 3.63) is 59.7 Å². The van der Waals surface area contributed by atoms with Gasteiger partial charge in [-0.25, -0.2) is 9.59 Å². The van der Waals surface area contributed by atoms with E-state index in [2.05, 4.69) is 34.9 Å². The lowest BCUT2D eigenvalue weighted by Gasteiger charge is -2.28. The number of aliphatic carboxylic acids is 1. The normalized spacial score (nSPS) is 20.6. The maximum atomic E-state index is 12.8. The molecule has 2 aromatic rings. The zero-order valence-electron chi connectivity index (χ0n) is 19.7. The van der Waals surface area contributed by atoms with Crippen LogP contribution < -0.4 is 10.6 Å². The van der Waals surface area contributed by atoms with E-state index >= 15 is 0 Å². The quantitative estimate of drug-likeness (QED) is 0.540. The van der Waals surface area contributed by atoms with Crippen molar-refractivity contribution in [2.24, 2.45) is 11.8 Å². The van der Waals surface area contributed by atoms with Gasteiger partial charge in [0.05, 0.1) is 0 Å². The minimum Gasteiger partial charge on any atom is -0.480 e. The van der Waals surface area contributed by atoms with Crippen molar-refractivity contribution in [2.45, 2.75) is 51.0 Å². The van der Waals surface area contributed by atoms with Gasteiger partial charge in [0, 0.05) is 18.4 Å². The Morgan fingerprint density at radius 1 is 1.03 bits per heavy atom. The summed E-state index contributed by atoms with van der Waals surface area (Å²) in [4.78, 5) is 36.9. The van der Waals surface area contributed by atoms with Gasteiger partial charge in [-0.1, -0.05) is 61.9 Å². The molecule has 2 aliphatic rings. The van der Waals surface area contributed by atoms with Crippen LogP contribution in [0.2, 0.25) is 0 Å². The highest BCUT2D eigenvalue weighted by atomic mass is 16.5. The van der Waals surface area contributed by atoms with Crippen LogP contribution in [0.1, 0.15) is 56.6 Å². The number of nitrogens with one attached hydrogen (secondary N) is 2. The van der Waals surface area contributed by atoms with Crippen LogP contribution in [0.5, 0.6) is 0 Å². The summed E-state index contributed by atoms with van der Waals surface area (Å²) in [6, 6.07) is 16.3. The number of ether oxygens (including phenoxy) is 1. The first-order chi connectivity index (χ1) is 16.3. The maximum Gasteiger partial charge on any atom is 0.407 e. The van der Waals surface area contributed by atoms with E-state index < -0.39 is 17.6 Å². The lowest BCUT2D eigenvalue weighted by molar-refractivity contribution is -0.147. The molecule has 1 fully saturated rings. The van der Waals surface area contributed by atoms with Crippen molar-refractivity contribution in [3.63, 3.8) is 0 Å². The molecule has 34 heavy (non-hydrogen) atoms. The number of carboxylic acids is 1. The Morgan fingerprint density at radius 3 is 2.24 bits per heavy atom. The molecule has 2 aliphatic carbocycles. The van der Waals surface area contributed by atoms with Crippen molar-refractivity contribution >= 4 is 18.0 Å². The van der Waals surface area contributed by atoms with Gasteiger partial charge in [0.1, 0.15) is 12.1 Å². The first-order valence-electron chi connectivity index (χ1n) is 12.0. The van der Waals surface area contributed by atoms with E-state index in [9.17, 15) is 19.5 Å². The number of fused-ring (bicyclic) bond motifs is 3. The molecule has 4 rings (SSSR count). The van der Waals surface area contributed by atoms with E-state index in [1.807, 2.05) is 24.3 Å². The first kappa shape index (κ1) is 23.8. The van der Waals surface area contributed by atoms with Gasteiger partial charge in [0.25, 0.3) is 0 Å². The van der Waals surface area contributed by atoms with Crippen molar-refractivity contribution in [1.29, 1.82) is 0 Å². The van der Waals surface area contributed by atoms with Gasteiger partial charge in [0.15, 0.2) is 0 Å². The van der Waals surface area contributed by atoms with Gasteiger partial charge in [0.2, 0.25) is 5.91 Å². The number of alkyl carbamates (subject to hydrolysis) is 1. The molecule has 7 heteroatoms. The summed E-state index contributed by atoms with van der Waals surface area (Å²) in [5.41, 5.74) is 3.37. The van der Waals surface area contributed by atoms with Gasteiger partial charge in [-0.3, -0.25) is 4.79 Å². The predicted molar refractivity (Wildman–Crippen MR) is 128 cm³/mol. The molecule has 0 radical (unpaired) electrons. The molecule has 3 atom stereocenters. The van der Waals surface area contributed by atoms with E-state index in [1.165, 1.54) is 18.1 Å². The number of hydrogen-bond acceptors (Lipinski definition) is 4. The van der Waals surface area contributed by atoms with Gasteiger partial charge in [-0.2, -0.15) is 0 Å². The van der Waals surface area contributed by atoms with Crippen LogP contribution in [-0.2, 0) is 14.3 Å². The summed E-state index contributed by atoms with van der Waals surface area (Å²) in [6.07, 6.45) is 2.14. The number of hydrogen-bond donors (Lipinski definition) is 3. The fraction of sp³-hybridized carbons (Fsp3) is 0.444. The number of carbonyl (C=O) groups excluding carboxylic acids is 2. The lowest BCUT2D eigenvalue weighted by Crippen LogP contribution is -2.54. The van der Waals surface area contributed by atoms with Crippen LogP contribution in [0.3, 0.4) is 0 Å². The number of carboxylic acid groups (broad SMARTS) is 1. The van der Waals surface area contributed by atoms with E-state index in [4.69, 9.17) is 4.74 Å². The van der Waals surface area contributed by atoms with Crippen LogP contribution in [0, 0.1) is 11.8 Å². The first-order valence-corrected chi connectivity index (χ1v) is 12.0. The van der Waals surface area contributed by atoms with Gasteiger partial charge in [-0.15, -0.1) is 0 Å². The average Bonchev–Trinajstić information content (AvgIpc) is 3.44. The van der Waals surface area contributed by atoms with Crippen LogP contribution in [0.15, 0.2) is 48.5 Å². The molecule has 180 valence electrons. The molecular formula is C27H32N2O5. The maximum absolute atomic E-state index is 12.8. The summed E-state index contributed by atoms with van der Waals surface area (Å²) in [6.45, 7) is 3.82. The topological polar surface area (TPSA) is 105 Å². The number of rotatable bonds is 8. The van der Waals surface area contributed by atoms with Crippen molar-refractivity contribution in [2.75, 3.05) is 13.2 Å². The van der Waals surface area contributed by atoms with E-state index in [0.717, 1.165) is 24.0 Å². The molecule has 1 unspecified atom stereocenters. The van der Waals surface area contributed by atoms with E-state index in [1.54, 1.807) is 6.92 Å². The van der Waals surface area contributed by atoms with E-state index in [-0.39, 0.29) is 30.3 Å². The number of benzene rings is 2. The molecule has 0 spiro atoms. The van der Waals surface area contributed by atoms with Crippen LogP contribution in [-0.4, -0.2) is 41.8 Å². The number of amides is 2.